The number of aromatic amines is 1. The van der Waals surface area contributed by atoms with Crippen molar-refractivity contribution in [3.8, 4) is 0 Å². The monoisotopic (exact) mass is 197 g/mol. The summed E-state index contributed by atoms with van der Waals surface area (Å²) in [6, 6.07) is 0. The van der Waals surface area contributed by atoms with Gasteiger partial charge in [0.1, 0.15) is 5.82 Å². The van der Waals surface area contributed by atoms with Crippen LogP contribution in [0.25, 0.3) is 0 Å². The van der Waals surface area contributed by atoms with E-state index in [2.05, 4.69) is 27.4 Å². The van der Waals surface area contributed by atoms with Crippen LogP contribution < -0.4 is 11.1 Å². The van der Waals surface area contributed by atoms with E-state index in [1.807, 2.05) is 0 Å². The van der Waals surface area contributed by atoms with Crippen LogP contribution in [0, 0.1) is 0 Å². The third-order valence-corrected chi connectivity index (χ3v) is 1.64. The van der Waals surface area contributed by atoms with Crippen LogP contribution in [-0.4, -0.2) is 27.6 Å². The second-order valence-electron chi connectivity index (χ2n) is 3.02. The molecule has 6 heteroatoms. The number of nitrogens with one attached hydrogen (secondary N) is 2. The fraction of sp³-hybridized carbons (Fsp3) is 0.625. The van der Waals surface area contributed by atoms with Gasteiger partial charge in [0.2, 0.25) is 5.91 Å². The number of rotatable bonds is 6. The molecule has 6 nitrogen and oxygen atoms in total. The lowest BCUT2D eigenvalue weighted by atomic mass is 10.3. The summed E-state index contributed by atoms with van der Waals surface area (Å²) in [7, 11) is 0. The zero-order valence-corrected chi connectivity index (χ0v) is 8.21. The van der Waals surface area contributed by atoms with Crippen LogP contribution in [-0.2, 0) is 17.8 Å². The van der Waals surface area contributed by atoms with Crippen LogP contribution in [0.15, 0.2) is 0 Å². The standard InChI is InChI=1S/C8H15N5O/c1-2-3-7-11-8(13-12-7)5-10-4-6(9)14/h10H,2-5H2,1H3,(H2,9,14)(H,11,12,13). The Labute approximate surface area is 82.3 Å². The predicted octanol–water partition coefficient (Wildman–Crippen LogP) is -0.668. The number of carbonyl (C=O) groups excluding carboxylic acids is 1. The Morgan fingerprint density at radius 1 is 1.64 bits per heavy atom. The molecule has 1 aromatic rings. The number of primary amides is 1. The summed E-state index contributed by atoms with van der Waals surface area (Å²) in [4.78, 5) is 14.6. The Bertz CT molecular complexity index is 296. The third kappa shape index (κ3) is 3.53. The maximum absolute atomic E-state index is 10.4. The minimum atomic E-state index is -0.377. The highest BCUT2D eigenvalue weighted by molar-refractivity contribution is 5.75. The Morgan fingerprint density at radius 2 is 2.43 bits per heavy atom. The summed E-state index contributed by atoms with van der Waals surface area (Å²) in [5, 5.41) is 9.65. The molecule has 0 aliphatic carbocycles. The van der Waals surface area contributed by atoms with Crippen LogP contribution in [0.1, 0.15) is 25.0 Å². The first-order chi connectivity index (χ1) is 6.72. The lowest BCUT2D eigenvalue weighted by Crippen LogP contribution is -2.28. The summed E-state index contributed by atoms with van der Waals surface area (Å²) in [5.74, 6) is 1.16. The molecule has 0 saturated carbocycles. The van der Waals surface area contributed by atoms with Crippen molar-refractivity contribution in [1.82, 2.24) is 20.5 Å². The molecular weight excluding hydrogens is 182 g/mol. The Kier molecular flexibility index (Phi) is 4.06. The molecule has 14 heavy (non-hydrogen) atoms. The predicted molar refractivity (Wildman–Crippen MR) is 51.3 cm³/mol. The van der Waals surface area contributed by atoms with Crippen molar-refractivity contribution in [3.63, 3.8) is 0 Å². The van der Waals surface area contributed by atoms with Gasteiger partial charge in [0, 0.05) is 6.42 Å². The van der Waals surface area contributed by atoms with Crippen LogP contribution in [0.3, 0.4) is 0 Å². The van der Waals surface area contributed by atoms with Crippen molar-refractivity contribution in [1.29, 1.82) is 0 Å². The Hall–Kier alpha value is -1.43. The van der Waals surface area contributed by atoms with Crippen molar-refractivity contribution in [2.24, 2.45) is 5.73 Å². The average Bonchev–Trinajstić information content (AvgIpc) is 2.53. The smallest absolute Gasteiger partial charge is 0.231 e. The van der Waals surface area contributed by atoms with Gasteiger partial charge in [0.05, 0.1) is 13.1 Å². The van der Waals surface area contributed by atoms with E-state index in [1.54, 1.807) is 0 Å². The molecule has 4 N–H and O–H groups in total. The number of aromatic nitrogens is 3. The van der Waals surface area contributed by atoms with E-state index in [1.165, 1.54) is 0 Å². The highest BCUT2D eigenvalue weighted by atomic mass is 16.1. The molecule has 1 rings (SSSR count). The maximum Gasteiger partial charge on any atom is 0.231 e. The average molecular weight is 197 g/mol. The molecule has 0 radical (unpaired) electrons. The fourth-order valence-corrected chi connectivity index (χ4v) is 1.05. The molecule has 0 unspecified atom stereocenters. The van der Waals surface area contributed by atoms with Gasteiger partial charge >= 0.3 is 0 Å². The number of amides is 1. The third-order valence-electron chi connectivity index (χ3n) is 1.64. The van der Waals surface area contributed by atoms with Crippen LogP contribution >= 0.6 is 0 Å². The number of nitrogens with zero attached hydrogens (tertiary/aromatic N) is 2. The Balaban J connectivity index is 2.32. The molecule has 0 atom stereocenters. The Morgan fingerprint density at radius 3 is 3.07 bits per heavy atom. The summed E-state index contributed by atoms with van der Waals surface area (Å²) in [6.07, 6.45) is 1.89. The lowest BCUT2D eigenvalue weighted by molar-refractivity contribution is -0.117. The zero-order valence-electron chi connectivity index (χ0n) is 8.21. The molecule has 0 saturated heterocycles. The summed E-state index contributed by atoms with van der Waals surface area (Å²) < 4.78 is 0. The number of nitrogens with two attached hydrogens (primary N) is 1. The molecule has 0 aliphatic heterocycles. The molecule has 1 heterocycles. The van der Waals surface area contributed by atoms with Crippen molar-refractivity contribution < 1.29 is 4.79 Å². The van der Waals surface area contributed by atoms with E-state index in [-0.39, 0.29) is 12.5 Å². The largest absolute Gasteiger partial charge is 0.369 e. The van der Waals surface area contributed by atoms with Crippen LogP contribution in [0.2, 0.25) is 0 Å². The van der Waals surface area contributed by atoms with Gasteiger partial charge in [-0.15, -0.1) is 0 Å². The van der Waals surface area contributed by atoms with Gasteiger partial charge < -0.3 is 11.1 Å². The molecule has 1 aromatic heterocycles. The second-order valence-corrected chi connectivity index (χ2v) is 3.02. The summed E-state index contributed by atoms with van der Waals surface area (Å²) in [5.41, 5.74) is 4.96. The molecule has 0 aromatic carbocycles. The topological polar surface area (TPSA) is 96.7 Å². The van der Waals surface area contributed by atoms with Gasteiger partial charge in [0.15, 0.2) is 5.82 Å². The highest BCUT2D eigenvalue weighted by Gasteiger charge is 2.01. The van der Waals surface area contributed by atoms with E-state index in [4.69, 9.17) is 5.73 Å². The molecule has 0 bridgehead atoms. The first-order valence-electron chi connectivity index (χ1n) is 4.61. The second kappa shape index (κ2) is 5.33. The van der Waals surface area contributed by atoms with Crippen molar-refractivity contribution in [3.05, 3.63) is 11.6 Å². The van der Waals surface area contributed by atoms with Gasteiger partial charge in [-0.05, 0) is 6.42 Å². The normalized spacial score (nSPS) is 10.4. The van der Waals surface area contributed by atoms with Gasteiger partial charge in [-0.25, -0.2) is 4.98 Å². The quantitative estimate of drug-likeness (QED) is 0.563. The van der Waals surface area contributed by atoms with E-state index < -0.39 is 0 Å². The van der Waals surface area contributed by atoms with Gasteiger partial charge in [-0.2, -0.15) is 5.10 Å². The number of aryl methyl sites for hydroxylation is 1. The number of carbonyl (C=O) groups is 1. The van der Waals surface area contributed by atoms with Crippen LogP contribution in [0.4, 0.5) is 0 Å². The van der Waals surface area contributed by atoms with E-state index >= 15 is 0 Å². The van der Waals surface area contributed by atoms with E-state index in [9.17, 15) is 4.79 Å². The van der Waals surface area contributed by atoms with Crippen molar-refractivity contribution in [2.45, 2.75) is 26.3 Å². The minimum absolute atomic E-state index is 0.157. The molecule has 1 amide bonds. The van der Waals surface area contributed by atoms with Gasteiger partial charge in [0.25, 0.3) is 0 Å². The highest BCUT2D eigenvalue weighted by Crippen LogP contribution is 1.95. The van der Waals surface area contributed by atoms with Gasteiger partial charge in [-0.1, -0.05) is 6.92 Å². The van der Waals surface area contributed by atoms with Crippen molar-refractivity contribution >= 4 is 5.91 Å². The summed E-state index contributed by atoms with van der Waals surface area (Å²) >= 11 is 0. The number of hydrogen-bond acceptors (Lipinski definition) is 4. The summed E-state index contributed by atoms with van der Waals surface area (Å²) in [6.45, 7) is 2.71. The molecule has 0 spiro atoms. The minimum Gasteiger partial charge on any atom is -0.369 e. The molecular formula is C8H15N5O. The molecule has 78 valence electrons. The maximum atomic E-state index is 10.4. The number of H-pyrrole nitrogens is 1. The van der Waals surface area contributed by atoms with E-state index in [0.717, 1.165) is 24.5 Å². The molecule has 0 fully saturated rings. The van der Waals surface area contributed by atoms with Crippen LogP contribution in [0.5, 0.6) is 0 Å². The van der Waals surface area contributed by atoms with E-state index in [0.29, 0.717) is 6.54 Å². The lowest BCUT2D eigenvalue weighted by Gasteiger charge is -1.96. The van der Waals surface area contributed by atoms with Crippen molar-refractivity contribution in [2.75, 3.05) is 6.54 Å². The first-order valence-corrected chi connectivity index (χ1v) is 4.61. The van der Waals surface area contributed by atoms with Gasteiger partial charge in [-0.3, -0.25) is 9.89 Å². The SMILES string of the molecule is CCCc1n[nH]c(CNCC(N)=O)n1. The first kappa shape index (κ1) is 10.6. The number of hydrogen-bond donors (Lipinski definition) is 3. The fourth-order valence-electron chi connectivity index (χ4n) is 1.05. The zero-order chi connectivity index (χ0) is 10.4. The molecule has 0 aliphatic rings.